The van der Waals surface area contributed by atoms with Gasteiger partial charge in [0.2, 0.25) is 0 Å². The predicted octanol–water partition coefficient (Wildman–Crippen LogP) is 3.62. The molecule has 0 spiro atoms. The maximum atomic E-state index is 13.0. The highest BCUT2D eigenvalue weighted by Crippen LogP contribution is 2.34. The Morgan fingerprint density at radius 3 is 2.52 bits per heavy atom. The Labute approximate surface area is 134 Å². The lowest BCUT2D eigenvalue weighted by Crippen LogP contribution is -2.42. The van der Waals surface area contributed by atoms with Gasteiger partial charge in [-0.3, -0.25) is 0 Å². The van der Waals surface area contributed by atoms with Crippen LogP contribution in [0.2, 0.25) is 0 Å². The lowest BCUT2D eigenvalue weighted by molar-refractivity contribution is -0.154. The van der Waals surface area contributed by atoms with Crippen LogP contribution >= 0.6 is 0 Å². The monoisotopic (exact) mass is 329 g/mol. The number of likely N-dealkylation sites (N-methyl/N-ethyl adjacent to an activating group) is 1. The highest BCUT2D eigenvalue weighted by molar-refractivity contribution is 5.82. The van der Waals surface area contributed by atoms with Gasteiger partial charge in [-0.15, -0.1) is 5.06 Å². The maximum Gasteiger partial charge on any atom is 0.470 e. The first-order valence-electron chi connectivity index (χ1n) is 7.67. The number of rotatable bonds is 6. The van der Waals surface area contributed by atoms with Crippen molar-refractivity contribution in [2.45, 2.75) is 38.7 Å². The molecule has 1 aliphatic heterocycles. The fraction of sp³-hybridized carbons (Fsp3) is 0.562. The van der Waals surface area contributed by atoms with Crippen molar-refractivity contribution in [2.24, 2.45) is 4.99 Å². The van der Waals surface area contributed by atoms with Crippen LogP contribution in [0.5, 0.6) is 0 Å². The molecule has 0 aromatic heterocycles. The molecule has 1 aromatic rings. The molecule has 7 heteroatoms. The predicted molar refractivity (Wildman–Crippen MR) is 82.8 cm³/mol. The molecule has 0 fully saturated rings. The number of benzene rings is 1. The molecule has 0 aliphatic carbocycles. The van der Waals surface area contributed by atoms with Crippen LogP contribution in [0.15, 0.2) is 35.3 Å². The Morgan fingerprint density at radius 1 is 1.30 bits per heavy atom. The van der Waals surface area contributed by atoms with E-state index in [1.165, 1.54) is 5.06 Å². The molecule has 23 heavy (non-hydrogen) atoms. The van der Waals surface area contributed by atoms with Gasteiger partial charge in [0.1, 0.15) is 0 Å². The van der Waals surface area contributed by atoms with Crippen molar-refractivity contribution in [2.75, 3.05) is 20.1 Å². The molecule has 128 valence electrons. The zero-order chi connectivity index (χ0) is 17.0. The van der Waals surface area contributed by atoms with Gasteiger partial charge in [-0.05, 0) is 32.5 Å². The average molecular weight is 329 g/mol. The third-order valence-electron chi connectivity index (χ3n) is 3.63. The molecule has 0 N–H and O–H groups in total. The minimum absolute atomic E-state index is 0.236. The third-order valence-corrected chi connectivity index (χ3v) is 3.63. The van der Waals surface area contributed by atoms with Crippen LogP contribution in [0, 0.1) is 0 Å². The van der Waals surface area contributed by atoms with Gasteiger partial charge in [-0.2, -0.15) is 13.2 Å². The zero-order valence-corrected chi connectivity index (χ0v) is 13.5. The highest BCUT2D eigenvalue weighted by atomic mass is 19.4. The van der Waals surface area contributed by atoms with E-state index in [0.29, 0.717) is 12.1 Å². The normalized spacial score (nSPS) is 20.5. The van der Waals surface area contributed by atoms with Crippen molar-refractivity contribution in [3.8, 4) is 0 Å². The molecule has 2 rings (SSSR count). The average Bonchev–Trinajstić information content (AvgIpc) is 2.93. The molecule has 2 atom stereocenters. The summed E-state index contributed by atoms with van der Waals surface area (Å²) in [5.74, 6) is -1.18. The van der Waals surface area contributed by atoms with Crippen molar-refractivity contribution in [1.82, 2.24) is 9.96 Å². The van der Waals surface area contributed by atoms with Crippen molar-refractivity contribution in [3.05, 3.63) is 35.9 Å². The second-order valence-corrected chi connectivity index (χ2v) is 5.78. The number of aliphatic imine (C=N–C) groups is 1. The molecule has 0 bridgehead atoms. The molecule has 2 unspecified atom stereocenters. The topological polar surface area (TPSA) is 28.1 Å². The van der Waals surface area contributed by atoms with Gasteiger partial charge in [0, 0.05) is 6.54 Å². The standard InChI is InChI=1S/C16H22F3N3O/c1-4-10-21(3)11-12(2)22-14(13-8-6-5-7-9-13)20-15(23-22)16(17,18)19/h5-9,12,14H,4,10-11H2,1-3H3. The number of nitrogens with zero attached hydrogens (tertiary/aromatic N) is 3. The molecular weight excluding hydrogens is 307 g/mol. The van der Waals surface area contributed by atoms with Crippen LogP contribution in [0.1, 0.15) is 32.0 Å². The molecule has 1 aliphatic rings. The van der Waals surface area contributed by atoms with Crippen LogP contribution in [-0.4, -0.2) is 48.2 Å². The quantitative estimate of drug-likeness (QED) is 0.798. The number of alkyl halides is 3. The zero-order valence-electron chi connectivity index (χ0n) is 13.5. The molecule has 0 radical (unpaired) electrons. The maximum absolute atomic E-state index is 13.0. The van der Waals surface area contributed by atoms with E-state index in [4.69, 9.17) is 4.84 Å². The van der Waals surface area contributed by atoms with Crippen LogP contribution in [-0.2, 0) is 4.84 Å². The van der Waals surface area contributed by atoms with E-state index in [-0.39, 0.29) is 6.04 Å². The van der Waals surface area contributed by atoms with Crippen molar-refractivity contribution in [1.29, 1.82) is 0 Å². The van der Waals surface area contributed by atoms with Crippen LogP contribution in [0.4, 0.5) is 13.2 Å². The molecule has 4 nitrogen and oxygen atoms in total. The molecule has 0 amide bonds. The van der Waals surface area contributed by atoms with E-state index >= 15 is 0 Å². The third kappa shape index (κ3) is 4.45. The highest BCUT2D eigenvalue weighted by Gasteiger charge is 2.47. The van der Waals surface area contributed by atoms with Gasteiger partial charge < -0.3 is 9.74 Å². The summed E-state index contributed by atoms with van der Waals surface area (Å²) in [7, 11) is 1.94. The minimum atomic E-state index is -4.59. The summed E-state index contributed by atoms with van der Waals surface area (Å²) in [6.07, 6.45) is -4.38. The molecule has 1 heterocycles. The summed E-state index contributed by atoms with van der Waals surface area (Å²) >= 11 is 0. The number of halogens is 3. The van der Waals surface area contributed by atoms with E-state index in [1.54, 1.807) is 24.3 Å². The molecule has 0 saturated heterocycles. The van der Waals surface area contributed by atoms with E-state index in [1.807, 2.05) is 20.0 Å². The first-order chi connectivity index (χ1) is 10.8. The summed E-state index contributed by atoms with van der Waals surface area (Å²) in [6, 6.07) is 8.65. The second-order valence-electron chi connectivity index (χ2n) is 5.78. The first kappa shape index (κ1) is 17.7. The SMILES string of the molecule is CCCN(C)CC(C)N1OC(C(F)(F)F)=NC1c1ccccc1. The molecule has 0 saturated carbocycles. The Kier molecular flexibility index (Phi) is 5.64. The van der Waals surface area contributed by atoms with Gasteiger partial charge in [0.15, 0.2) is 6.17 Å². The smallest absolute Gasteiger partial charge is 0.378 e. The first-order valence-corrected chi connectivity index (χ1v) is 7.67. The summed E-state index contributed by atoms with van der Waals surface area (Å²) in [4.78, 5) is 10.9. The Bertz CT molecular complexity index is 533. The van der Waals surface area contributed by atoms with Gasteiger partial charge in [0.25, 0.3) is 0 Å². The van der Waals surface area contributed by atoms with Gasteiger partial charge in [-0.25, -0.2) is 4.99 Å². The minimum Gasteiger partial charge on any atom is -0.378 e. The largest absolute Gasteiger partial charge is 0.470 e. The van der Waals surface area contributed by atoms with Gasteiger partial charge in [-0.1, -0.05) is 37.3 Å². The fourth-order valence-electron chi connectivity index (χ4n) is 2.65. The van der Waals surface area contributed by atoms with E-state index in [0.717, 1.165) is 13.0 Å². The Balaban J connectivity index is 2.20. The van der Waals surface area contributed by atoms with Crippen molar-refractivity contribution < 1.29 is 18.0 Å². The van der Waals surface area contributed by atoms with Crippen molar-refractivity contribution in [3.63, 3.8) is 0 Å². The Morgan fingerprint density at radius 2 is 1.96 bits per heavy atom. The molecule has 1 aromatic carbocycles. The van der Waals surface area contributed by atoms with Crippen molar-refractivity contribution >= 4 is 5.90 Å². The molecular formula is C16H22F3N3O. The van der Waals surface area contributed by atoms with Crippen LogP contribution in [0.3, 0.4) is 0 Å². The summed E-state index contributed by atoms with van der Waals surface area (Å²) in [5, 5.41) is 1.34. The van der Waals surface area contributed by atoms with Gasteiger partial charge >= 0.3 is 12.1 Å². The number of hydrogen-bond acceptors (Lipinski definition) is 4. The summed E-state index contributed by atoms with van der Waals surface area (Å²) in [5.41, 5.74) is 0.678. The Hall–Kier alpha value is -1.60. The van der Waals surface area contributed by atoms with Crippen LogP contribution < -0.4 is 0 Å². The van der Waals surface area contributed by atoms with Gasteiger partial charge in [0.05, 0.1) is 6.04 Å². The lowest BCUT2D eigenvalue weighted by atomic mass is 10.1. The van der Waals surface area contributed by atoms with E-state index < -0.39 is 18.2 Å². The summed E-state index contributed by atoms with van der Waals surface area (Å²) in [6.45, 7) is 5.38. The van der Waals surface area contributed by atoms with Crippen LogP contribution in [0.25, 0.3) is 0 Å². The number of hydrogen-bond donors (Lipinski definition) is 0. The summed E-state index contributed by atoms with van der Waals surface area (Å²) < 4.78 is 38.9. The number of hydroxylamine groups is 2. The lowest BCUT2D eigenvalue weighted by Gasteiger charge is -2.30. The fourth-order valence-corrected chi connectivity index (χ4v) is 2.65. The second kappa shape index (κ2) is 7.31. The van der Waals surface area contributed by atoms with E-state index in [2.05, 4.69) is 16.8 Å². The van der Waals surface area contributed by atoms with E-state index in [9.17, 15) is 13.2 Å².